The number of benzene rings is 1. The Balaban J connectivity index is 0.00000341. The molecule has 0 saturated heterocycles. The smallest absolute Gasteiger partial charge is 0.227 e. The Bertz CT molecular complexity index is 855. The number of carbonyl (C=O) groups is 1. The minimum Gasteiger partial charge on any atom is -0.444 e. The number of aromatic nitrogens is 1. The molecular formula is C23H34IN5O2. The minimum atomic E-state index is 0. The van der Waals surface area contributed by atoms with E-state index in [2.05, 4.69) is 25.9 Å². The van der Waals surface area contributed by atoms with E-state index < -0.39 is 0 Å². The highest BCUT2D eigenvalue weighted by Crippen LogP contribution is 2.25. The van der Waals surface area contributed by atoms with Crippen LogP contribution < -0.4 is 16.0 Å². The Hall–Kier alpha value is -2.10. The van der Waals surface area contributed by atoms with Crippen molar-refractivity contribution >= 4 is 41.5 Å². The molecule has 1 amide bonds. The Morgan fingerprint density at radius 3 is 2.65 bits per heavy atom. The van der Waals surface area contributed by atoms with Crippen LogP contribution in [0.4, 0.5) is 5.69 Å². The number of hydrogen-bond acceptors (Lipinski definition) is 4. The molecule has 2 aromatic rings. The van der Waals surface area contributed by atoms with Crippen LogP contribution in [0.2, 0.25) is 0 Å². The van der Waals surface area contributed by atoms with Gasteiger partial charge in [-0.3, -0.25) is 4.79 Å². The summed E-state index contributed by atoms with van der Waals surface area (Å²) in [4.78, 5) is 21.5. The normalized spacial score (nSPS) is 14.6. The molecule has 0 spiro atoms. The van der Waals surface area contributed by atoms with Gasteiger partial charge in [-0.2, -0.15) is 0 Å². The van der Waals surface area contributed by atoms with Crippen molar-refractivity contribution in [2.24, 2.45) is 10.9 Å². The van der Waals surface area contributed by atoms with E-state index >= 15 is 0 Å². The first-order valence-corrected chi connectivity index (χ1v) is 10.9. The van der Waals surface area contributed by atoms with E-state index in [1.807, 2.05) is 45.0 Å². The van der Waals surface area contributed by atoms with E-state index in [1.165, 1.54) is 6.42 Å². The van der Waals surface area contributed by atoms with Gasteiger partial charge in [-0.15, -0.1) is 24.0 Å². The Labute approximate surface area is 201 Å². The first-order valence-electron chi connectivity index (χ1n) is 10.9. The van der Waals surface area contributed by atoms with Gasteiger partial charge in [0.05, 0.1) is 18.8 Å². The van der Waals surface area contributed by atoms with Crippen molar-refractivity contribution in [1.82, 2.24) is 15.6 Å². The molecule has 3 rings (SSSR count). The zero-order valence-corrected chi connectivity index (χ0v) is 21.0. The lowest BCUT2D eigenvalue weighted by atomic mass is 9.88. The lowest BCUT2D eigenvalue weighted by Crippen LogP contribution is -2.36. The highest BCUT2D eigenvalue weighted by atomic mass is 127. The van der Waals surface area contributed by atoms with Crippen LogP contribution >= 0.6 is 24.0 Å². The van der Waals surface area contributed by atoms with Crippen molar-refractivity contribution < 1.29 is 9.21 Å². The first kappa shape index (κ1) is 25.2. The second-order valence-corrected chi connectivity index (χ2v) is 7.82. The molecule has 7 nitrogen and oxygen atoms in total. The highest BCUT2D eigenvalue weighted by Gasteiger charge is 2.21. The van der Waals surface area contributed by atoms with Crippen molar-refractivity contribution in [2.75, 3.05) is 11.9 Å². The zero-order valence-electron chi connectivity index (χ0n) is 18.7. The molecule has 0 atom stereocenters. The second kappa shape index (κ2) is 12.7. The van der Waals surface area contributed by atoms with Gasteiger partial charge in [0.1, 0.15) is 5.76 Å². The van der Waals surface area contributed by atoms with Crippen LogP contribution in [0.3, 0.4) is 0 Å². The van der Waals surface area contributed by atoms with Crippen molar-refractivity contribution in [2.45, 2.75) is 66.0 Å². The third kappa shape index (κ3) is 7.83. The van der Waals surface area contributed by atoms with Gasteiger partial charge < -0.3 is 20.4 Å². The number of nitrogens with one attached hydrogen (secondary N) is 3. The standard InChI is InChI=1S/C23H33N5O2.HI/c1-4-24-23(26-15-21-27-16(2)17(3)30-21)25-14-18-9-8-12-20(13-18)28-22(29)19-10-6-5-7-11-19;/h8-9,12-13,19H,4-7,10-11,14-15H2,1-3H3,(H,28,29)(H2,24,25,26);1H. The zero-order chi connectivity index (χ0) is 21.3. The summed E-state index contributed by atoms with van der Waals surface area (Å²) in [6.45, 7) is 7.60. The number of rotatable bonds is 7. The van der Waals surface area contributed by atoms with E-state index in [1.54, 1.807) is 0 Å². The van der Waals surface area contributed by atoms with Gasteiger partial charge in [-0.25, -0.2) is 9.98 Å². The maximum Gasteiger partial charge on any atom is 0.227 e. The molecule has 1 fully saturated rings. The molecule has 1 aliphatic carbocycles. The summed E-state index contributed by atoms with van der Waals surface area (Å²) in [6, 6.07) is 7.91. The predicted molar refractivity (Wildman–Crippen MR) is 135 cm³/mol. The van der Waals surface area contributed by atoms with Crippen LogP contribution in [0.5, 0.6) is 0 Å². The molecule has 0 bridgehead atoms. The number of aryl methyl sites for hydroxylation is 2. The Morgan fingerprint density at radius 2 is 1.97 bits per heavy atom. The van der Waals surface area contributed by atoms with Gasteiger partial charge >= 0.3 is 0 Å². The molecular weight excluding hydrogens is 505 g/mol. The molecule has 1 aromatic carbocycles. The van der Waals surface area contributed by atoms with Crippen molar-refractivity contribution in [3.63, 3.8) is 0 Å². The fourth-order valence-electron chi connectivity index (χ4n) is 3.64. The van der Waals surface area contributed by atoms with Crippen LogP contribution in [-0.2, 0) is 17.9 Å². The topological polar surface area (TPSA) is 91.5 Å². The van der Waals surface area contributed by atoms with Crippen molar-refractivity contribution in [3.05, 3.63) is 47.2 Å². The number of aliphatic imine (C=N–C) groups is 1. The molecule has 170 valence electrons. The molecule has 1 saturated carbocycles. The van der Waals surface area contributed by atoms with Crippen LogP contribution in [-0.4, -0.2) is 23.4 Å². The van der Waals surface area contributed by atoms with Gasteiger partial charge in [0.15, 0.2) is 5.96 Å². The Morgan fingerprint density at radius 1 is 1.19 bits per heavy atom. The van der Waals surface area contributed by atoms with Gasteiger partial charge in [0.2, 0.25) is 11.8 Å². The summed E-state index contributed by atoms with van der Waals surface area (Å²) >= 11 is 0. The number of carbonyl (C=O) groups excluding carboxylic acids is 1. The summed E-state index contributed by atoms with van der Waals surface area (Å²) in [5, 5.41) is 9.56. The second-order valence-electron chi connectivity index (χ2n) is 7.82. The first-order chi connectivity index (χ1) is 14.5. The Kier molecular flexibility index (Phi) is 10.3. The maximum atomic E-state index is 12.5. The van der Waals surface area contributed by atoms with Crippen LogP contribution in [0.25, 0.3) is 0 Å². The van der Waals surface area contributed by atoms with E-state index in [0.29, 0.717) is 24.9 Å². The summed E-state index contributed by atoms with van der Waals surface area (Å²) in [6.07, 6.45) is 5.54. The summed E-state index contributed by atoms with van der Waals surface area (Å²) in [5.74, 6) is 2.46. The van der Waals surface area contributed by atoms with Crippen LogP contribution in [0.15, 0.2) is 33.7 Å². The van der Waals surface area contributed by atoms with Gasteiger partial charge in [-0.05, 0) is 51.3 Å². The van der Waals surface area contributed by atoms with E-state index in [-0.39, 0.29) is 35.8 Å². The number of nitrogens with zero attached hydrogens (tertiary/aromatic N) is 2. The van der Waals surface area contributed by atoms with E-state index in [9.17, 15) is 4.79 Å². The number of hydrogen-bond donors (Lipinski definition) is 3. The predicted octanol–water partition coefficient (Wildman–Crippen LogP) is 4.68. The molecule has 0 aliphatic heterocycles. The van der Waals surface area contributed by atoms with Crippen molar-refractivity contribution in [3.8, 4) is 0 Å². The lowest BCUT2D eigenvalue weighted by Gasteiger charge is -2.20. The minimum absolute atomic E-state index is 0. The SMILES string of the molecule is CCNC(=NCc1cccc(NC(=O)C2CCCCC2)c1)NCc1nc(C)c(C)o1.I. The maximum absolute atomic E-state index is 12.5. The molecule has 1 aromatic heterocycles. The fourth-order valence-corrected chi connectivity index (χ4v) is 3.64. The van der Waals surface area contributed by atoms with E-state index in [4.69, 9.17) is 4.42 Å². The highest BCUT2D eigenvalue weighted by molar-refractivity contribution is 14.0. The summed E-state index contributed by atoms with van der Waals surface area (Å²) in [5.41, 5.74) is 2.78. The number of amides is 1. The molecule has 0 radical (unpaired) electrons. The summed E-state index contributed by atoms with van der Waals surface area (Å²) < 4.78 is 5.61. The van der Waals surface area contributed by atoms with Crippen LogP contribution in [0, 0.1) is 19.8 Å². The van der Waals surface area contributed by atoms with Crippen LogP contribution in [0.1, 0.15) is 61.9 Å². The number of guanidine groups is 1. The molecule has 0 unspecified atom stereocenters. The molecule has 3 N–H and O–H groups in total. The van der Waals surface area contributed by atoms with E-state index in [0.717, 1.165) is 54.9 Å². The lowest BCUT2D eigenvalue weighted by molar-refractivity contribution is -0.120. The largest absolute Gasteiger partial charge is 0.444 e. The fraction of sp³-hybridized carbons (Fsp3) is 0.522. The average Bonchev–Trinajstić information content (AvgIpc) is 3.08. The quantitative estimate of drug-likeness (QED) is 0.270. The van der Waals surface area contributed by atoms with Crippen molar-refractivity contribution in [1.29, 1.82) is 0 Å². The molecule has 1 aliphatic rings. The summed E-state index contributed by atoms with van der Waals surface area (Å²) in [7, 11) is 0. The monoisotopic (exact) mass is 539 g/mol. The molecule has 8 heteroatoms. The average molecular weight is 539 g/mol. The van der Waals surface area contributed by atoms with Gasteiger partial charge in [-0.1, -0.05) is 31.4 Å². The molecule has 31 heavy (non-hydrogen) atoms. The van der Waals surface area contributed by atoms with Gasteiger partial charge in [0.25, 0.3) is 0 Å². The van der Waals surface area contributed by atoms with Gasteiger partial charge in [0, 0.05) is 18.2 Å². The number of halogens is 1. The number of oxazole rings is 1. The third-order valence-corrected chi connectivity index (χ3v) is 5.41. The number of anilines is 1. The molecule has 1 heterocycles. The third-order valence-electron chi connectivity index (χ3n) is 5.41.